The smallest absolute Gasteiger partial charge is 0.319 e. The minimum Gasteiger partial charge on any atom is -0.508 e. The molecule has 0 spiro atoms. The van der Waals surface area contributed by atoms with Crippen LogP contribution in [0.25, 0.3) is 32.9 Å². The van der Waals surface area contributed by atoms with E-state index in [1.165, 1.54) is 12.1 Å². The summed E-state index contributed by atoms with van der Waals surface area (Å²) in [5, 5.41) is 14.3. The third-order valence-electron chi connectivity index (χ3n) is 10.4. The Balaban J connectivity index is 1.24. The molecule has 2 bridgehead atoms. The van der Waals surface area contributed by atoms with Crippen LogP contribution in [0, 0.1) is 17.5 Å². The van der Waals surface area contributed by atoms with E-state index >= 15 is 8.78 Å². The van der Waals surface area contributed by atoms with E-state index in [9.17, 15) is 13.9 Å². The van der Waals surface area contributed by atoms with E-state index in [4.69, 9.17) is 14.5 Å². The van der Waals surface area contributed by atoms with Gasteiger partial charge in [0.05, 0.1) is 11.6 Å². The minimum atomic E-state index is -1.19. The van der Waals surface area contributed by atoms with E-state index in [1.54, 1.807) is 0 Å². The Morgan fingerprint density at radius 1 is 1.07 bits per heavy atom. The van der Waals surface area contributed by atoms with Crippen LogP contribution in [-0.4, -0.2) is 87.6 Å². The summed E-state index contributed by atoms with van der Waals surface area (Å²) in [5.74, 6) is -3.01. The fourth-order valence-corrected chi connectivity index (χ4v) is 8.38. The van der Waals surface area contributed by atoms with Crippen molar-refractivity contribution in [1.82, 2.24) is 25.2 Å². The topological polar surface area (TPSA) is 95.9 Å². The van der Waals surface area contributed by atoms with Crippen molar-refractivity contribution in [3.63, 3.8) is 0 Å². The maximum absolute atomic E-state index is 16.8. The molecule has 0 unspecified atom stereocenters. The van der Waals surface area contributed by atoms with Crippen molar-refractivity contribution in [2.75, 3.05) is 37.7 Å². The molecule has 45 heavy (non-hydrogen) atoms. The molecule has 0 radical (unpaired) electrons. The standard InChI is InChI=1S/C32H30F4N6O3/c33-16-10-32(6-1-7-41(32)11-16)14-45-31-39-28-24-29(40-31)42-12-17-3-5-21(37-17)22(42)13-44-30(24)38-27(26(28)36)19-9-18(43)8-15-2-4-20(34)25(35)23(15)19/h2,4,8-9,16-17,21-22,37,43H,1,3,5-7,10-14H2/t16-,17-,21+,22-,32-/m1/s1. The van der Waals surface area contributed by atoms with Gasteiger partial charge in [0, 0.05) is 42.5 Å². The van der Waals surface area contributed by atoms with Gasteiger partial charge in [0.1, 0.15) is 47.5 Å². The van der Waals surface area contributed by atoms with Crippen LogP contribution < -0.4 is 19.7 Å². The van der Waals surface area contributed by atoms with Crippen LogP contribution in [0.2, 0.25) is 0 Å². The largest absolute Gasteiger partial charge is 0.508 e. The highest BCUT2D eigenvalue weighted by Crippen LogP contribution is 2.45. The number of anilines is 1. The summed E-state index contributed by atoms with van der Waals surface area (Å²) < 4.78 is 73.5. The number of rotatable bonds is 4. The van der Waals surface area contributed by atoms with Crippen molar-refractivity contribution in [2.24, 2.45) is 0 Å². The average molecular weight is 623 g/mol. The lowest BCUT2D eigenvalue weighted by atomic mass is 9.95. The second-order valence-electron chi connectivity index (χ2n) is 13.0. The normalized spacial score (nSPS) is 28.8. The number of nitrogens with zero attached hydrogens (tertiary/aromatic N) is 5. The number of alkyl halides is 1. The second-order valence-corrected chi connectivity index (χ2v) is 13.0. The summed E-state index contributed by atoms with van der Waals surface area (Å²) >= 11 is 0. The van der Waals surface area contributed by atoms with E-state index in [2.05, 4.69) is 25.1 Å². The Bertz CT molecular complexity index is 1900. The molecule has 9 nitrogen and oxygen atoms in total. The highest BCUT2D eigenvalue weighted by atomic mass is 19.2. The van der Waals surface area contributed by atoms with E-state index in [0.717, 1.165) is 44.4 Å². The molecule has 4 aromatic rings. The van der Waals surface area contributed by atoms with Crippen LogP contribution in [-0.2, 0) is 0 Å². The van der Waals surface area contributed by atoms with E-state index in [1.807, 2.05) is 0 Å². The number of ether oxygens (including phenoxy) is 2. The number of halogens is 4. The molecule has 13 heteroatoms. The molecule has 9 rings (SSSR count). The number of nitrogens with one attached hydrogen (secondary N) is 1. The number of hydrogen-bond acceptors (Lipinski definition) is 9. The van der Waals surface area contributed by atoms with Gasteiger partial charge in [-0.05, 0) is 55.8 Å². The van der Waals surface area contributed by atoms with Gasteiger partial charge < -0.3 is 24.8 Å². The Hall–Kier alpha value is -3.97. The first-order chi connectivity index (χ1) is 21.8. The fraction of sp³-hybridized carbons (Fsp3) is 0.469. The molecule has 2 aromatic carbocycles. The van der Waals surface area contributed by atoms with Crippen molar-refractivity contribution in [1.29, 1.82) is 0 Å². The van der Waals surface area contributed by atoms with Crippen molar-refractivity contribution >= 4 is 27.5 Å². The molecular weight excluding hydrogens is 592 g/mol. The van der Waals surface area contributed by atoms with E-state index < -0.39 is 29.2 Å². The first-order valence-electron chi connectivity index (χ1n) is 15.5. The highest BCUT2D eigenvalue weighted by Gasteiger charge is 2.50. The second kappa shape index (κ2) is 9.76. The summed E-state index contributed by atoms with van der Waals surface area (Å²) in [7, 11) is 0. The Labute approximate surface area is 255 Å². The predicted molar refractivity (Wildman–Crippen MR) is 157 cm³/mol. The maximum atomic E-state index is 16.8. The van der Waals surface area contributed by atoms with Crippen LogP contribution in [0.1, 0.15) is 32.1 Å². The summed E-state index contributed by atoms with van der Waals surface area (Å²) in [6, 6.07) is 4.83. The molecule has 4 fully saturated rings. The maximum Gasteiger partial charge on any atom is 0.319 e. The number of hydrogen-bond donors (Lipinski definition) is 2. The SMILES string of the molecule is Oc1cc(-c2nc3c4c(nc(OC[C@]56CCCN5C[C@H](F)C6)nc4c2F)N2C[C@H]4CC[C@H](N4)[C@H]2CO3)c2c(F)c(F)ccc2c1. The lowest BCUT2D eigenvalue weighted by molar-refractivity contribution is 0.107. The molecule has 0 amide bonds. The predicted octanol–water partition coefficient (Wildman–Crippen LogP) is 4.62. The van der Waals surface area contributed by atoms with E-state index in [-0.39, 0.29) is 81.9 Å². The zero-order valence-electron chi connectivity index (χ0n) is 24.2. The van der Waals surface area contributed by atoms with Gasteiger partial charge >= 0.3 is 6.01 Å². The Morgan fingerprint density at radius 3 is 2.84 bits per heavy atom. The summed E-state index contributed by atoms with van der Waals surface area (Å²) in [6.07, 6.45) is 3.06. The highest BCUT2D eigenvalue weighted by molar-refractivity contribution is 6.02. The first-order valence-corrected chi connectivity index (χ1v) is 15.5. The Kier molecular flexibility index (Phi) is 5.93. The van der Waals surface area contributed by atoms with Crippen molar-refractivity contribution in [2.45, 2.75) is 61.9 Å². The van der Waals surface area contributed by atoms with Crippen molar-refractivity contribution in [3.05, 3.63) is 41.7 Å². The van der Waals surface area contributed by atoms with Gasteiger partial charge in [-0.25, -0.2) is 22.5 Å². The third-order valence-corrected chi connectivity index (χ3v) is 10.4. The summed E-state index contributed by atoms with van der Waals surface area (Å²) in [4.78, 5) is 18.1. The van der Waals surface area contributed by atoms with Gasteiger partial charge in [-0.1, -0.05) is 6.07 Å². The molecule has 0 saturated carbocycles. The molecule has 234 valence electrons. The van der Waals surface area contributed by atoms with Crippen LogP contribution in [0.4, 0.5) is 23.4 Å². The van der Waals surface area contributed by atoms with Gasteiger partial charge in [0.25, 0.3) is 0 Å². The van der Waals surface area contributed by atoms with Gasteiger partial charge in [-0.15, -0.1) is 0 Å². The number of pyridine rings is 1. The Morgan fingerprint density at radius 2 is 1.96 bits per heavy atom. The fourth-order valence-electron chi connectivity index (χ4n) is 8.38. The van der Waals surface area contributed by atoms with Crippen LogP contribution >= 0.6 is 0 Å². The molecule has 0 aliphatic carbocycles. The molecule has 4 saturated heterocycles. The lowest BCUT2D eigenvalue weighted by Crippen LogP contribution is -2.60. The van der Waals surface area contributed by atoms with Crippen LogP contribution in [0.15, 0.2) is 24.3 Å². The number of benzene rings is 2. The molecule has 5 aliphatic heterocycles. The van der Waals surface area contributed by atoms with E-state index in [0.29, 0.717) is 25.3 Å². The summed E-state index contributed by atoms with van der Waals surface area (Å²) in [6.45, 7) is 2.14. The number of piperazine rings is 1. The molecule has 2 N–H and O–H groups in total. The summed E-state index contributed by atoms with van der Waals surface area (Å²) in [5.41, 5.74) is -1.12. The molecule has 2 aromatic heterocycles. The molecule has 5 atom stereocenters. The number of phenols is 1. The number of phenolic OH excluding ortho intramolecular Hbond substituents is 1. The van der Waals surface area contributed by atoms with Gasteiger partial charge in [-0.2, -0.15) is 9.97 Å². The molecular formula is C32H30F4N6O3. The van der Waals surface area contributed by atoms with Crippen molar-refractivity contribution < 1.29 is 32.1 Å². The molecule has 5 aliphatic rings. The van der Waals surface area contributed by atoms with Gasteiger partial charge in [0.2, 0.25) is 5.88 Å². The third kappa shape index (κ3) is 4.09. The monoisotopic (exact) mass is 622 g/mol. The number of aromatic nitrogens is 3. The van der Waals surface area contributed by atoms with Crippen molar-refractivity contribution in [3.8, 4) is 28.9 Å². The zero-order chi connectivity index (χ0) is 30.6. The minimum absolute atomic E-state index is 0.0538. The van der Waals surface area contributed by atoms with Crippen LogP contribution in [0.3, 0.4) is 0 Å². The van der Waals surface area contributed by atoms with Gasteiger partial charge in [-0.3, -0.25) is 4.90 Å². The first kappa shape index (κ1) is 27.3. The lowest BCUT2D eigenvalue weighted by Gasteiger charge is -2.40. The molecule has 7 heterocycles. The number of aromatic hydroxyl groups is 1. The average Bonchev–Trinajstić information content (AvgIpc) is 3.65. The van der Waals surface area contributed by atoms with Crippen LogP contribution in [0.5, 0.6) is 17.6 Å². The number of fused-ring (bicyclic) bond motifs is 7. The van der Waals surface area contributed by atoms with Gasteiger partial charge in [0.15, 0.2) is 17.5 Å². The zero-order valence-corrected chi connectivity index (χ0v) is 24.2. The quantitative estimate of drug-likeness (QED) is 0.316.